The average Bonchev–Trinajstić information content (AvgIpc) is 2.72. The zero-order chi connectivity index (χ0) is 18.6. The van der Waals surface area contributed by atoms with Crippen LogP contribution in [0.5, 0.6) is 0 Å². The fourth-order valence-corrected chi connectivity index (χ4v) is 3.01. The molecule has 4 aromatic rings. The van der Waals surface area contributed by atoms with Crippen molar-refractivity contribution in [3.05, 3.63) is 102 Å². The van der Waals surface area contributed by atoms with E-state index in [4.69, 9.17) is 0 Å². The van der Waals surface area contributed by atoms with E-state index in [1.54, 1.807) is 18.2 Å². The Balaban J connectivity index is 1.68. The number of para-hydroxylation sites is 1. The van der Waals surface area contributed by atoms with Crippen LogP contribution in [0, 0.1) is 0 Å². The van der Waals surface area contributed by atoms with Gasteiger partial charge < -0.3 is 9.90 Å². The number of carbonyl (C=O) groups is 1. The molecule has 0 fully saturated rings. The molecular weight excluding hydrogens is 334 g/mol. The average molecular weight is 350 g/mol. The van der Waals surface area contributed by atoms with Crippen LogP contribution in [0.3, 0.4) is 0 Å². The quantitative estimate of drug-likeness (QED) is 0.512. The Labute approximate surface area is 157 Å². The van der Waals surface area contributed by atoms with Crippen molar-refractivity contribution in [1.29, 1.82) is 0 Å². The molecule has 0 unspecified atom stereocenters. The van der Waals surface area contributed by atoms with Crippen LogP contribution in [0.2, 0.25) is 0 Å². The van der Waals surface area contributed by atoms with E-state index in [2.05, 4.69) is 11.1 Å². The number of carboxylic acid groups (broad SMARTS) is 1. The molecule has 0 aliphatic carbocycles. The van der Waals surface area contributed by atoms with Crippen molar-refractivity contribution >= 4 is 29.0 Å². The highest BCUT2D eigenvalue weighted by molar-refractivity contribution is 6.02. The van der Waals surface area contributed by atoms with Crippen molar-refractivity contribution in [2.24, 2.45) is 0 Å². The Morgan fingerprint density at radius 3 is 2.11 bits per heavy atom. The van der Waals surface area contributed by atoms with Gasteiger partial charge in [-0.3, -0.25) is 0 Å². The number of rotatable bonds is 4. The smallest absolute Gasteiger partial charge is 0.0722 e. The van der Waals surface area contributed by atoms with Gasteiger partial charge in [-0.1, -0.05) is 84.9 Å². The summed E-state index contributed by atoms with van der Waals surface area (Å²) in [6, 6.07) is 26.7. The summed E-state index contributed by atoms with van der Waals surface area (Å²) in [6.45, 7) is 0. The second-order valence-electron chi connectivity index (χ2n) is 6.23. The molecular formula is C24H16NO2-. The van der Waals surface area contributed by atoms with Crippen LogP contribution in [0.4, 0.5) is 0 Å². The van der Waals surface area contributed by atoms with Gasteiger partial charge in [0.25, 0.3) is 0 Å². The predicted octanol–water partition coefficient (Wildman–Crippen LogP) is 4.44. The van der Waals surface area contributed by atoms with E-state index >= 15 is 0 Å². The van der Waals surface area contributed by atoms with Crippen molar-refractivity contribution < 1.29 is 9.90 Å². The SMILES string of the molecule is O=C([O-])c1cc(-c2ccc(C=Cc3ccccc3)cc2)nc2ccccc12. The van der Waals surface area contributed by atoms with Crippen LogP contribution < -0.4 is 5.11 Å². The molecule has 1 aromatic heterocycles. The first-order valence-electron chi connectivity index (χ1n) is 8.65. The lowest BCUT2D eigenvalue weighted by Gasteiger charge is -2.10. The minimum atomic E-state index is -1.20. The Morgan fingerprint density at radius 1 is 0.778 bits per heavy atom. The molecule has 4 rings (SSSR count). The largest absolute Gasteiger partial charge is 0.545 e. The first kappa shape index (κ1) is 16.7. The van der Waals surface area contributed by atoms with Crippen molar-refractivity contribution in [2.75, 3.05) is 0 Å². The number of carbonyl (C=O) groups excluding carboxylic acids is 1. The second-order valence-corrected chi connectivity index (χ2v) is 6.23. The molecule has 0 radical (unpaired) electrons. The number of nitrogens with zero attached hydrogens (tertiary/aromatic N) is 1. The van der Waals surface area contributed by atoms with Gasteiger partial charge in [0.05, 0.1) is 17.2 Å². The molecule has 0 bridgehead atoms. The molecule has 3 heteroatoms. The van der Waals surface area contributed by atoms with Gasteiger partial charge in [0, 0.05) is 16.5 Å². The predicted molar refractivity (Wildman–Crippen MR) is 107 cm³/mol. The number of fused-ring (bicyclic) bond motifs is 1. The second kappa shape index (κ2) is 7.26. The van der Waals surface area contributed by atoms with Gasteiger partial charge in [-0.25, -0.2) is 4.98 Å². The maximum Gasteiger partial charge on any atom is 0.0722 e. The Bertz CT molecular complexity index is 1130. The number of aromatic carboxylic acids is 1. The molecule has 3 nitrogen and oxygen atoms in total. The van der Waals surface area contributed by atoms with Gasteiger partial charge in [0.15, 0.2) is 0 Å². The Hall–Kier alpha value is -3.72. The van der Waals surface area contributed by atoms with Gasteiger partial charge in [0.2, 0.25) is 0 Å². The molecule has 0 atom stereocenters. The fourth-order valence-electron chi connectivity index (χ4n) is 3.01. The number of benzene rings is 3. The minimum absolute atomic E-state index is 0.156. The summed E-state index contributed by atoms with van der Waals surface area (Å²) >= 11 is 0. The van der Waals surface area contributed by atoms with Gasteiger partial charge in [-0.05, 0) is 23.3 Å². The molecule has 0 aliphatic heterocycles. The van der Waals surface area contributed by atoms with Gasteiger partial charge in [-0.15, -0.1) is 0 Å². The highest BCUT2D eigenvalue weighted by Crippen LogP contribution is 2.25. The van der Waals surface area contributed by atoms with Gasteiger partial charge in [0.1, 0.15) is 0 Å². The molecule has 0 aliphatic rings. The Morgan fingerprint density at radius 2 is 1.41 bits per heavy atom. The first-order valence-corrected chi connectivity index (χ1v) is 8.65. The van der Waals surface area contributed by atoms with E-state index in [9.17, 15) is 9.90 Å². The van der Waals surface area contributed by atoms with Gasteiger partial charge in [-0.2, -0.15) is 0 Å². The maximum absolute atomic E-state index is 11.5. The van der Waals surface area contributed by atoms with E-state index in [1.165, 1.54) is 0 Å². The molecule has 0 amide bonds. The lowest BCUT2D eigenvalue weighted by molar-refractivity contribution is -0.254. The molecule has 130 valence electrons. The summed E-state index contributed by atoms with van der Waals surface area (Å²) in [5.41, 5.74) is 4.47. The van der Waals surface area contributed by atoms with E-state index < -0.39 is 5.97 Å². The van der Waals surface area contributed by atoms with Crippen molar-refractivity contribution in [3.8, 4) is 11.3 Å². The Kier molecular flexibility index (Phi) is 4.50. The number of hydrogen-bond acceptors (Lipinski definition) is 3. The van der Waals surface area contributed by atoms with Crippen molar-refractivity contribution in [2.45, 2.75) is 0 Å². The van der Waals surface area contributed by atoms with Crippen LogP contribution in [-0.2, 0) is 0 Å². The number of aromatic nitrogens is 1. The summed E-state index contributed by atoms with van der Waals surface area (Å²) in [5.74, 6) is -1.20. The zero-order valence-electron chi connectivity index (χ0n) is 14.5. The summed E-state index contributed by atoms with van der Waals surface area (Å²) < 4.78 is 0. The number of pyridine rings is 1. The summed E-state index contributed by atoms with van der Waals surface area (Å²) in [5, 5.41) is 12.1. The van der Waals surface area contributed by atoms with Crippen molar-refractivity contribution in [3.63, 3.8) is 0 Å². The van der Waals surface area contributed by atoms with Crippen LogP contribution >= 0.6 is 0 Å². The highest BCUT2D eigenvalue weighted by atomic mass is 16.4. The molecule has 0 spiro atoms. The summed E-state index contributed by atoms with van der Waals surface area (Å²) in [6.07, 6.45) is 4.09. The standard InChI is InChI=1S/C24H17NO2/c26-24(27)21-16-23(25-22-9-5-4-8-20(21)22)19-14-12-18(13-15-19)11-10-17-6-2-1-3-7-17/h1-16H,(H,26,27)/p-1. The molecule has 27 heavy (non-hydrogen) atoms. The van der Waals surface area contributed by atoms with E-state index in [0.717, 1.165) is 16.7 Å². The van der Waals surface area contributed by atoms with E-state index in [-0.39, 0.29) is 5.56 Å². The maximum atomic E-state index is 11.5. The van der Waals surface area contributed by atoms with Crippen LogP contribution in [0.25, 0.3) is 34.3 Å². The summed E-state index contributed by atoms with van der Waals surface area (Å²) in [7, 11) is 0. The van der Waals surface area contributed by atoms with Crippen LogP contribution in [0.15, 0.2) is 84.9 Å². The molecule has 1 heterocycles. The van der Waals surface area contributed by atoms with E-state index in [1.807, 2.05) is 72.8 Å². The fraction of sp³-hybridized carbons (Fsp3) is 0. The van der Waals surface area contributed by atoms with Crippen LogP contribution in [-0.4, -0.2) is 11.0 Å². The molecule has 3 aromatic carbocycles. The normalized spacial score (nSPS) is 11.1. The topological polar surface area (TPSA) is 53.0 Å². The lowest BCUT2D eigenvalue weighted by Crippen LogP contribution is -2.22. The highest BCUT2D eigenvalue weighted by Gasteiger charge is 2.08. The number of hydrogen-bond donors (Lipinski definition) is 0. The van der Waals surface area contributed by atoms with Crippen molar-refractivity contribution in [1.82, 2.24) is 4.98 Å². The summed E-state index contributed by atoms with van der Waals surface area (Å²) in [4.78, 5) is 16.1. The molecule has 0 saturated heterocycles. The zero-order valence-corrected chi connectivity index (χ0v) is 14.5. The third-order valence-electron chi connectivity index (χ3n) is 4.41. The lowest BCUT2D eigenvalue weighted by atomic mass is 10.0. The first-order chi connectivity index (χ1) is 13.2. The third-order valence-corrected chi connectivity index (χ3v) is 4.41. The third kappa shape index (κ3) is 3.62. The minimum Gasteiger partial charge on any atom is -0.545 e. The molecule has 0 N–H and O–H groups in total. The molecule has 0 saturated carbocycles. The van der Waals surface area contributed by atoms with Gasteiger partial charge >= 0.3 is 0 Å². The van der Waals surface area contributed by atoms with E-state index in [0.29, 0.717) is 16.6 Å². The number of carboxylic acids is 1. The monoisotopic (exact) mass is 350 g/mol. The van der Waals surface area contributed by atoms with Crippen LogP contribution in [0.1, 0.15) is 21.5 Å².